The van der Waals surface area contributed by atoms with E-state index >= 15 is 0 Å². The molecule has 1 heterocycles. The lowest BCUT2D eigenvalue weighted by molar-refractivity contribution is -0.148. The molecule has 2 aromatic rings. The smallest absolute Gasteiger partial charge is 0.306 e. The normalized spacial score (nSPS) is 10.8. The Balaban J connectivity index is 2.00. The largest absolute Gasteiger partial charge is 0.456 e. The topological polar surface area (TPSA) is 99.5 Å². The highest BCUT2D eigenvalue weighted by atomic mass is 16.5. The number of nitrogens with one attached hydrogen (secondary N) is 1. The summed E-state index contributed by atoms with van der Waals surface area (Å²) in [5, 5.41) is 2.56. The number of ether oxygens (including phenoxy) is 2. The molecule has 0 spiro atoms. The molecule has 8 nitrogen and oxygen atoms in total. The van der Waals surface area contributed by atoms with Gasteiger partial charge in [-0.1, -0.05) is 25.5 Å². The van der Waals surface area contributed by atoms with E-state index in [-0.39, 0.29) is 25.0 Å². The summed E-state index contributed by atoms with van der Waals surface area (Å²) in [6.07, 6.45) is 2.00. The number of methoxy groups -OCH3 is 1. The van der Waals surface area contributed by atoms with Gasteiger partial charge in [0.15, 0.2) is 6.61 Å². The Bertz CT molecular complexity index is 863. The summed E-state index contributed by atoms with van der Waals surface area (Å²) in [7, 11) is 1.53. The second kappa shape index (κ2) is 11.2. The molecular formula is C20H27N3O5. The number of aromatic nitrogens is 2. The van der Waals surface area contributed by atoms with E-state index in [9.17, 15) is 14.4 Å². The van der Waals surface area contributed by atoms with Crippen molar-refractivity contribution in [1.29, 1.82) is 0 Å². The van der Waals surface area contributed by atoms with Crippen LogP contribution in [0.2, 0.25) is 0 Å². The summed E-state index contributed by atoms with van der Waals surface area (Å²) in [6.45, 7) is 3.06. The van der Waals surface area contributed by atoms with Crippen LogP contribution in [0.5, 0.6) is 0 Å². The average Bonchev–Trinajstić information content (AvgIpc) is 2.70. The van der Waals surface area contributed by atoms with E-state index in [4.69, 9.17) is 9.47 Å². The van der Waals surface area contributed by atoms with Crippen molar-refractivity contribution in [2.24, 2.45) is 0 Å². The number of benzene rings is 1. The Morgan fingerprint density at radius 3 is 2.79 bits per heavy atom. The first kappa shape index (κ1) is 21.6. The highest BCUT2D eigenvalue weighted by Crippen LogP contribution is 2.12. The number of hydrogen-bond donors (Lipinski definition) is 1. The van der Waals surface area contributed by atoms with E-state index in [2.05, 4.69) is 17.2 Å². The van der Waals surface area contributed by atoms with Gasteiger partial charge in [0.25, 0.3) is 11.5 Å². The van der Waals surface area contributed by atoms with Crippen LogP contribution in [0.3, 0.4) is 0 Å². The summed E-state index contributed by atoms with van der Waals surface area (Å²) < 4.78 is 11.5. The van der Waals surface area contributed by atoms with Gasteiger partial charge in [0.05, 0.1) is 24.1 Å². The molecular weight excluding hydrogens is 362 g/mol. The van der Waals surface area contributed by atoms with Crippen molar-refractivity contribution in [2.75, 3.05) is 26.9 Å². The first-order chi connectivity index (χ1) is 13.6. The van der Waals surface area contributed by atoms with Crippen LogP contribution in [0.1, 0.15) is 31.9 Å². The number of amides is 1. The molecule has 0 aliphatic carbocycles. The predicted octanol–water partition coefficient (Wildman–Crippen LogP) is 1.44. The molecule has 1 N–H and O–H groups in total. The maximum absolute atomic E-state index is 12.8. The van der Waals surface area contributed by atoms with Crippen molar-refractivity contribution >= 4 is 22.9 Å². The zero-order chi connectivity index (χ0) is 20.4. The molecule has 8 heteroatoms. The molecule has 0 aliphatic rings. The Kier molecular flexibility index (Phi) is 8.61. The van der Waals surface area contributed by atoms with E-state index in [1.807, 2.05) is 24.3 Å². The molecule has 0 saturated heterocycles. The van der Waals surface area contributed by atoms with Crippen molar-refractivity contribution in [3.05, 3.63) is 40.3 Å². The number of carbonyl (C=O) groups excluding carboxylic acids is 2. The van der Waals surface area contributed by atoms with Gasteiger partial charge in [-0.25, -0.2) is 4.98 Å². The third kappa shape index (κ3) is 6.16. The SMILES string of the molecule is CCCCn1c(=O)c(CCC(=O)OCC(=O)NCCOC)nc2ccccc21. The average molecular weight is 389 g/mol. The van der Waals surface area contributed by atoms with E-state index in [0.29, 0.717) is 25.4 Å². The summed E-state index contributed by atoms with van der Waals surface area (Å²) in [4.78, 5) is 40.7. The Hall–Kier alpha value is -2.74. The van der Waals surface area contributed by atoms with E-state index in [1.54, 1.807) is 4.57 Å². The molecule has 28 heavy (non-hydrogen) atoms. The van der Waals surface area contributed by atoms with Crippen LogP contribution in [0.15, 0.2) is 29.1 Å². The fraction of sp³-hybridized carbons (Fsp3) is 0.500. The third-order valence-corrected chi connectivity index (χ3v) is 4.21. The Labute approximate surface area is 163 Å². The van der Waals surface area contributed by atoms with Gasteiger partial charge in [-0.3, -0.25) is 14.4 Å². The van der Waals surface area contributed by atoms with Crippen molar-refractivity contribution < 1.29 is 19.1 Å². The summed E-state index contributed by atoms with van der Waals surface area (Å²) in [5.41, 5.74) is 1.66. The van der Waals surface area contributed by atoms with Crippen LogP contribution in [0.4, 0.5) is 0 Å². The first-order valence-corrected chi connectivity index (χ1v) is 9.46. The lowest BCUT2D eigenvalue weighted by Gasteiger charge is -2.12. The van der Waals surface area contributed by atoms with Gasteiger partial charge in [0.2, 0.25) is 0 Å². The van der Waals surface area contributed by atoms with E-state index in [0.717, 1.165) is 23.9 Å². The molecule has 0 radical (unpaired) electrons. The minimum atomic E-state index is -0.545. The molecule has 1 amide bonds. The van der Waals surface area contributed by atoms with Gasteiger partial charge in [-0.15, -0.1) is 0 Å². The Morgan fingerprint density at radius 2 is 2.04 bits per heavy atom. The maximum Gasteiger partial charge on any atom is 0.306 e. The second-order valence-electron chi connectivity index (χ2n) is 6.36. The van der Waals surface area contributed by atoms with Gasteiger partial charge in [0, 0.05) is 26.6 Å². The number of unbranched alkanes of at least 4 members (excludes halogenated alkanes) is 1. The highest BCUT2D eigenvalue weighted by Gasteiger charge is 2.13. The molecule has 0 bridgehead atoms. The lowest BCUT2D eigenvalue weighted by Crippen LogP contribution is -2.31. The number of nitrogens with zero attached hydrogens (tertiary/aromatic N) is 2. The number of esters is 1. The lowest BCUT2D eigenvalue weighted by atomic mass is 10.2. The number of carbonyl (C=O) groups is 2. The predicted molar refractivity (Wildman–Crippen MR) is 105 cm³/mol. The molecule has 152 valence electrons. The minimum absolute atomic E-state index is 0.0142. The van der Waals surface area contributed by atoms with Crippen molar-refractivity contribution in [1.82, 2.24) is 14.9 Å². The van der Waals surface area contributed by atoms with Gasteiger partial charge < -0.3 is 19.4 Å². The van der Waals surface area contributed by atoms with Gasteiger partial charge in [0.1, 0.15) is 5.69 Å². The van der Waals surface area contributed by atoms with Crippen LogP contribution >= 0.6 is 0 Å². The molecule has 1 aromatic carbocycles. The number of fused-ring (bicyclic) bond motifs is 1. The highest BCUT2D eigenvalue weighted by molar-refractivity contribution is 5.80. The number of aryl methyl sites for hydroxylation is 2. The van der Waals surface area contributed by atoms with Crippen molar-refractivity contribution in [3.63, 3.8) is 0 Å². The first-order valence-electron chi connectivity index (χ1n) is 9.46. The van der Waals surface area contributed by atoms with E-state index in [1.165, 1.54) is 7.11 Å². The quantitative estimate of drug-likeness (QED) is 0.461. The van der Waals surface area contributed by atoms with Crippen LogP contribution in [-0.2, 0) is 32.0 Å². The van der Waals surface area contributed by atoms with Crippen LogP contribution in [0.25, 0.3) is 11.0 Å². The molecule has 0 atom stereocenters. The van der Waals surface area contributed by atoms with Crippen LogP contribution < -0.4 is 10.9 Å². The Morgan fingerprint density at radius 1 is 1.25 bits per heavy atom. The standard InChI is InChI=1S/C20H27N3O5/c1-3-4-12-23-17-8-6-5-7-15(17)22-16(20(23)26)9-10-19(25)28-14-18(24)21-11-13-27-2/h5-8H,3-4,9-14H2,1-2H3,(H,21,24). The maximum atomic E-state index is 12.8. The van der Waals surface area contributed by atoms with Crippen LogP contribution in [-0.4, -0.2) is 48.3 Å². The monoisotopic (exact) mass is 389 g/mol. The number of rotatable bonds is 11. The van der Waals surface area contributed by atoms with Gasteiger partial charge in [-0.2, -0.15) is 0 Å². The van der Waals surface area contributed by atoms with Crippen LogP contribution in [0, 0.1) is 0 Å². The fourth-order valence-corrected chi connectivity index (χ4v) is 2.73. The summed E-state index contributed by atoms with van der Waals surface area (Å²) in [5.74, 6) is -0.937. The fourth-order valence-electron chi connectivity index (χ4n) is 2.73. The van der Waals surface area contributed by atoms with Gasteiger partial charge >= 0.3 is 5.97 Å². The zero-order valence-corrected chi connectivity index (χ0v) is 16.4. The number of para-hydroxylation sites is 2. The molecule has 2 rings (SSSR count). The molecule has 0 unspecified atom stereocenters. The molecule has 0 saturated carbocycles. The zero-order valence-electron chi connectivity index (χ0n) is 16.4. The molecule has 1 aromatic heterocycles. The van der Waals surface area contributed by atoms with Crippen molar-refractivity contribution in [2.45, 2.75) is 39.2 Å². The summed E-state index contributed by atoms with van der Waals surface area (Å²) >= 11 is 0. The second-order valence-corrected chi connectivity index (χ2v) is 6.36. The van der Waals surface area contributed by atoms with E-state index < -0.39 is 11.9 Å². The third-order valence-electron chi connectivity index (χ3n) is 4.21. The number of hydrogen-bond acceptors (Lipinski definition) is 6. The van der Waals surface area contributed by atoms with Gasteiger partial charge in [-0.05, 0) is 18.6 Å². The molecule has 0 fully saturated rings. The summed E-state index contributed by atoms with van der Waals surface area (Å²) in [6, 6.07) is 7.47. The minimum Gasteiger partial charge on any atom is -0.456 e. The molecule has 0 aliphatic heterocycles. The van der Waals surface area contributed by atoms with Crippen molar-refractivity contribution in [3.8, 4) is 0 Å².